The molecule has 0 radical (unpaired) electrons. The van der Waals surface area contributed by atoms with Crippen molar-refractivity contribution in [2.75, 3.05) is 57.0 Å². The van der Waals surface area contributed by atoms with Crippen molar-refractivity contribution < 1.29 is 17.6 Å². The molecular formula is C21H27FN4O3S. The third kappa shape index (κ3) is 4.91. The SMILES string of the molecule is Cc1ccc(S(=O)(=O)N(C)C)cc1NCC(=O)N1CCN(c2ccc(F)cc2)CC1. The van der Waals surface area contributed by atoms with Gasteiger partial charge < -0.3 is 15.1 Å². The summed E-state index contributed by atoms with van der Waals surface area (Å²) < 4.78 is 38.9. The molecule has 1 aliphatic rings. The minimum atomic E-state index is -3.54. The molecule has 162 valence electrons. The van der Waals surface area contributed by atoms with Crippen LogP contribution in [0.3, 0.4) is 0 Å². The van der Waals surface area contributed by atoms with E-state index in [9.17, 15) is 17.6 Å². The van der Waals surface area contributed by atoms with Crippen molar-refractivity contribution in [3.8, 4) is 0 Å². The fraction of sp³-hybridized carbons (Fsp3) is 0.381. The maximum atomic E-state index is 13.1. The van der Waals surface area contributed by atoms with E-state index in [-0.39, 0.29) is 23.2 Å². The Bertz CT molecular complexity index is 1000. The van der Waals surface area contributed by atoms with Gasteiger partial charge in [-0.2, -0.15) is 0 Å². The monoisotopic (exact) mass is 434 g/mol. The zero-order chi connectivity index (χ0) is 21.9. The number of nitrogens with zero attached hydrogens (tertiary/aromatic N) is 3. The quantitative estimate of drug-likeness (QED) is 0.754. The molecule has 1 aliphatic heterocycles. The summed E-state index contributed by atoms with van der Waals surface area (Å²) in [6, 6.07) is 11.2. The minimum Gasteiger partial charge on any atom is -0.376 e. The third-order valence-electron chi connectivity index (χ3n) is 5.24. The maximum absolute atomic E-state index is 13.1. The zero-order valence-electron chi connectivity index (χ0n) is 17.4. The molecule has 2 aromatic rings. The standard InChI is InChI=1S/C21H27FN4O3S/c1-16-4-9-19(30(28,29)24(2)3)14-20(16)23-15-21(27)26-12-10-25(11-13-26)18-7-5-17(22)6-8-18/h4-9,14,23H,10-13,15H2,1-3H3. The number of sulfonamides is 1. The van der Waals surface area contributed by atoms with E-state index in [0.717, 1.165) is 15.6 Å². The van der Waals surface area contributed by atoms with Gasteiger partial charge >= 0.3 is 0 Å². The summed E-state index contributed by atoms with van der Waals surface area (Å²) in [7, 11) is -0.574. The number of nitrogens with one attached hydrogen (secondary N) is 1. The highest BCUT2D eigenvalue weighted by Gasteiger charge is 2.22. The molecule has 3 rings (SSSR count). The van der Waals surface area contributed by atoms with E-state index in [1.54, 1.807) is 35.2 Å². The molecule has 1 saturated heterocycles. The lowest BCUT2D eigenvalue weighted by Gasteiger charge is -2.36. The molecule has 2 aromatic carbocycles. The second-order valence-corrected chi connectivity index (χ2v) is 9.61. The Labute approximate surface area is 177 Å². The summed E-state index contributed by atoms with van der Waals surface area (Å²) in [4.78, 5) is 16.7. The number of rotatable bonds is 6. The molecule has 30 heavy (non-hydrogen) atoms. The van der Waals surface area contributed by atoms with Gasteiger partial charge in [-0.05, 0) is 48.9 Å². The predicted molar refractivity (Wildman–Crippen MR) is 116 cm³/mol. The third-order valence-corrected chi connectivity index (χ3v) is 7.05. The van der Waals surface area contributed by atoms with Crippen molar-refractivity contribution in [1.82, 2.24) is 9.21 Å². The van der Waals surface area contributed by atoms with Crippen LogP contribution in [0.4, 0.5) is 15.8 Å². The number of benzene rings is 2. The van der Waals surface area contributed by atoms with Crippen molar-refractivity contribution in [1.29, 1.82) is 0 Å². The van der Waals surface area contributed by atoms with E-state index in [2.05, 4.69) is 10.2 Å². The first-order valence-electron chi connectivity index (χ1n) is 9.74. The molecule has 7 nitrogen and oxygen atoms in total. The van der Waals surface area contributed by atoms with Crippen LogP contribution in [0.15, 0.2) is 47.4 Å². The van der Waals surface area contributed by atoms with Crippen LogP contribution in [0.25, 0.3) is 0 Å². The Morgan fingerprint density at radius 2 is 1.70 bits per heavy atom. The molecule has 1 amide bonds. The Morgan fingerprint density at radius 1 is 1.07 bits per heavy atom. The molecule has 0 saturated carbocycles. The molecule has 1 heterocycles. The van der Waals surface area contributed by atoms with Crippen LogP contribution in [0, 0.1) is 12.7 Å². The largest absolute Gasteiger partial charge is 0.376 e. The molecule has 0 spiro atoms. The molecule has 0 atom stereocenters. The van der Waals surface area contributed by atoms with Crippen LogP contribution in [0.1, 0.15) is 5.56 Å². The number of hydrogen-bond acceptors (Lipinski definition) is 5. The summed E-state index contributed by atoms with van der Waals surface area (Å²) in [6.07, 6.45) is 0. The molecule has 0 unspecified atom stereocenters. The smallest absolute Gasteiger partial charge is 0.242 e. The van der Waals surface area contributed by atoms with Gasteiger partial charge in [-0.15, -0.1) is 0 Å². The lowest BCUT2D eigenvalue weighted by molar-refractivity contribution is -0.129. The Balaban J connectivity index is 1.58. The number of carbonyl (C=O) groups is 1. The number of amides is 1. The molecule has 1 N–H and O–H groups in total. The lowest BCUT2D eigenvalue weighted by Crippen LogP contribution is -2.50. The van der Waals surface area contributed by atoms with E-state index in [4.69, 9.17) is 0 Å². The van der Waals surface area contributed by atoms with E-state index in [1.807, 2.05) is 6.92 Å². The highest BCUT2D eigenvalue weighted by Crippen LogP contribution is 2.22. The van der Waals surface area contributed by atoms with Gasteiger partial charge in [-0.3, -0.25) is 4.79 Å². The summed E-state index contributed by atoms with van der Waals surface area (Å²) in [5.74, 6) is -0.314. The van der Waals surface area contributed by atoms with Crippen molar-refractivity contribution in [3.63, 3.8) is 0 Å². The van der Waals surface area contributed by atoms with Crippen LogP contribution >= 0.6 is 0 Å². The Morgan fingerprint density at radius 3 is 2.30 bits per heavy atom. The minimum absolute atomic E-state index is 0.0472. The number of aryl methyl sites for hydroxylation is 1. The van der Waals surface area contributed by atoms with Gasteiger partial charge in [-0.1, -0.05) is 6.07 Å². The predicted octanol–water partition coefficient (Wildman–Crippen LogP) is 2.15. The van der Waals surface area contributed by atoms with E-state index >= 15 is 0 Å². The Hall–Kier alpha value is -2.65. The summed E-state index contributed by atoms with van der Waals surface area (Å²) in [5, 5.41) is 3.08. The highest BCUT2D eigenvalue weighted by atomic mass is 32.2. The number of anilines is 2. The van der Waals surface area contributed by atoms with Crippen molar-refractivity contribution in [2.45, 2.75) is 11.8 Å². The molecule has 0 bridgehead atoms. The molecule has 1 fully saturated rings. The lowest BCUT2D eigenvalue weighted by atomic mass is 10.2. The van der Waals surface area contributed by atoms with Gasteiger partial charge in [0.15, 0.2) is 0 Å². The van der Waals surface area contributed by atoms with Crippen molar-refractivity contribution >= 4 is 27.3 Å². The zero-order valence-corrected chi connectivity index (χ0v) is 18.2. The average molecular weight is 435 g/mol. The normalized spacial score (nSPS) is 14.8. The first-order chi connectivity index (χ1) is 14.2. The summed E-state index contributed by atoms with van der Waals surface area (Å²) in [6.45, 7) is 4.45. The summed E-state index contributed by atoms with van der Waals surface area (Å²) in [5.41, 5.74) is 2.43. The number of hydrogen-bond donors (Lipinski definition) is 1. The van der Waals surface area contributed by atoms with E-state index < -0.39 is 10.0 Å². The average Bonchev–Trinajstić information content (AvgIpc) is 2.73. The number of piperazine rings is 1. The maximum Gasteiger partial charge on any atom is 0.242 e. The second kappa shape index (κ2) is 9.01. The first kappa shape index (κ1) is 22.0. The van der Waals surface area contributed by atoms with Crippen LogP contribution < -0.4 is 10.2 Å². The first-order valence-corrected chi connectivity index (χ1v) is 11.2. The molecular weight excluding hydrogens is 407 g/mol. The molecule has 0 aromatic heterocycles. The second-order valence-electron chi connectivity index (χ2n) is 7.46. The molecule has 9 heteroatoms. The Kier molecular flexibility index (Phi) is 6.62. The van der Waals surface area contributed by atoms with Gasteiger partial charge in [0.25, 0.3) is 0 Å². The van der Waals surface area contributed by atoms with Crippen LogP contribution in [-0.2, 0) is 14.8 Å². The van der Waals surface area contributed by atoms with Crippen LogP contribution in [-0.4, -0.2) is 70.3 Å². The fourth-order valence-corrected chi connectivity index (χ4v) is 4.24. The number of halogens is 1. The summed E-state index contributed by atoms with van der Waals surface area (Å²) >= 11 is 0. The number of carbonyl (C=O) groups excluding carboxylic acids is 1. The highest BCUT2D eigenvalue weighted by molar-refractivity contribution is 7.89. The van der Waals surface area contributed by atoms with Gasteiger partial charge in [0.1, 0.15) is 5.82 Å². The van der Waals surface area contributed by atoms with Crippen LogP contribution in [0.2, 0.25) is 0 Å². The fourth-order valence-electron chi connectivity index (χ4n) is 3.31. The molecule has 0 aliphatic carbocycles. The van der Waals surface area contributed by atoms with E-state index in [0.29, 0.717) is 31.9 Å². The van der Waals surface area contributed by atoms with Crippen molar-refractivity contribution in [3.05, 3.63) is 53.8 Å². The van der Waals surface area contributed by atoms with Gasteiger partial charge in [0.2, 0.25) is 15.9 Å². The van der Waals surface area contributed by atoms with Gasteiger partial charge in [-0.25, -0.2) is 17.1 Å². The van der Waals surface area contributed by atoms with Crippen molar-refractivity contribution in [2.24, 2.45) is 0 Å². The van der Waals surface area contributed by atoms with Gasteiger partial charge in [0, 0.05) is 51.6 Å². The van der Waals surface area contributed by atoms with E-state index in [1.165, 1.54) is 26.2 Å². The van der Waals surface area contributed by atoms with Gasteiger partial charge in [0.05, 0.1) is 11.4 Å². The van der Waals surface area contributed by atoms with Crippen LogP contribution in [0.5, 0.6) is 0 Å². The topological polar surface area (TPSA) is 73.0 Å².